The number of benzene rings is 1. The Morgan fingerprint density at radius 3 is 2.10 bits per heavy atom. The van der Waals surface area contributed by atoms with E-state index < -0.39 is 41.2 Å². The van der Waals surface area contributed by atoms with Crippen molar-refractivity contribution in [1.29, 1.82) is 0 Å². The Balaban J connectivity index is 0.00000420. The summed E-state index contributed by atoms with van der Waals surface area (Å²) in [6.45, 7) is 6.56. The number of esters is 1. The summed E-state index contributed by atoms with van der Waals surface area (Å²) in [4.78, 5) is 37.9. The van der Waals surface area contributed by atoms with Crippen LogP contribution < -0.4 is 69.3 Å². The van der Waals surface area contributed by atoms with Gasteiger partial charge in [0.05, 0.1) is 29.3 Å². The zero-order chi connectivity index (χ0) is 21.2. The van der Waals surface area contributed by atoms with Crippen LogP contribution in [0.5, 0.6) is 0 Å². The van der Waals surface area contributed by atoms with Gasteiger partial charge in [0.1, 0.15) is 0 Å². The van der Waals surface area contributed by atoms with Crippen molar-refractivity contribution in [3.8, 4) is 0 Å². The SMILES string of the molecule is CCN1C(C)=C(C(=O)OC(C)C)C(c2ccccc2Cl)C(C(=O)[O-])=C1C(=O)[O-].[Na+].[Na+]. The Morgan fingerprint density at radius 1 is 1.10 bits per heavy atom. The predicted molar refractivity (Wildman–Crippen MR) is 97.5 cm³/mol. The molecule has 0 amide bonds. The number of halogens is 1. The van der Waals surface area contributed by atoms with Gasteiger partial charge in [-0.3, -0.25) is 0 Å². The molecule has 7 nitrogen and oxygen atoms in total. The summed E-state index contributed by atoms with van der Waals surface area (Å²) < 4.78 is 5.30. The Morgan fingerprint density at radius 2 is 1.67 bits per heavy atom. The van der Waals surface area contributed by atoms with Gasteiger partial charge in [0.15, 0.2) is 0 Å². The van der Waals surface area contributed by atoms with Gasteiger partial charge in [0.25, 0.3) is 0 Å². The standard InChI is InChI=1S/C20H22ClNO6.2Na/c1-5-22-11(4)14(20(27)28-10(2)3)15(12-8-6-7-9-13(12)21)16(18(23)24)17(22)19(25)26;;/h6-10,15H,5H2,1-4H3,(H,23,24)(H,25,26);;/q;2*+1/p-2. The first-order valence-corrected chi connectivity index (χ1v) is 9.10. The van der Waals surface area contributed by atoms with Gasteiger partial charge in [-0.1, -0.05) is 29.8 Å². The van der Waals surface area contributed by atoms with E-state index in [0.29, 0.717) is 0 Å². The predicted octanol–water partition coefficient (Wildman–Crippen LogP) is -5.25. The van der Waals surface area contributed by atoms with Gasteiger partial charge < -0.3 is 29.4 Å². The largest absolute Gasteiger partial charge is 1.00 e. The molecular weight excluding hydrogens is 432 g/mol. The summed E-state index contributed by atoms with van der Waals surface area (Å²) in [5.41, 5.74) is -0.662. The maximum absolute atomic E-state index is 12.9. The minimum absolute atomic E-state index is 0. The number of carboxylic acids is 2. The van der Waals surface area contributed by atoms with E-state index >= 15 is 0 Å². The van der Waals surface area contributed by atoms with Crippen molar-refractivity contribution in [3.63, 3.8) is 0 Å². The molecule has 0 radical (unpaired) electrons. The molecule has 0 saturated carbocycles. The topological polar surface area (TPSA) is 110 Å². The van der Waals surface area contributed by atoms with Crippen LogP contribution in [-0.2, 0) is 19.1 Å². The maximum atomic E-state index is 12.9. The Bertz CT molecular complexity index is 897. The second-order valence-corrected chi connectivity index (χ2v) is 6.90. The maximum Gasteiger partial charge on any atom is 1.00 e. The average Bonchev–Trinajstić information content (AvgIpc) is 2.59. The Hall–Kier alpha value is -0.800. The molecule has 30 heavy (non-hydrogen) atoms. The fourth-order valence-electron chi connectivity index (χ4n) is 3.34. The molecule has 1 unspecified atom stereocenters. The van der Waals surface area contributed by atoms with Crippen molar-refractivity contribution in [1.82, 2.24) is 4.90 Å². The summed E-state index contributed by atoms with van der Waals surface area (Å²) in [5, 5.41) is 24.0. The second-order valence-electron chi connectivity index (χ2n) is 6.49. The number of likely N-dealkylation sites (N-methyl/N-ethyl adjacent to an activating group) is 1. The molecular formula is C20H20ClNNa2O6. The minimum Gasteiger partial charge on any atom is -0.545 e. The fourth-order valence-corrected chi connectivity index (χ4v) is 3.59. The molecule has 0 spiro atoms. The zero-order valence-electron chi connectivity index (χ0n) is 17.9. The molecule has 1 atom stereocenters. The van der Waals surface area contributed by atoms with Crippen LogP contribution in [-0.4, -0.2) is 35.5 Å². The molecule has 0 bridgehead atoms. The molecule has 2 rings (SSSR count). The molecule has 1 heterocycles. The normalized spacial score (nSPS) is 16.1. The summed E-state index contributed by atoms with van der Waals surface area (Å²) >= 11 is 6.26. The third-order valence-electron chi connectivity index (χ3n) is 4.41. The zero-order valence-corrected chi connectivity index (χ0v) is 22.7. The molecule has 0 aliphatic carbocycles. The Labute approximate surface area is 224 Å². The molecule has 0 N–H and O–H groups in total. The van der Waals surface area contributed by atoms with E-state index in [-0.39, 0.29) is 87.5 Å². The number of ether oxygens (including phenoxy) is 1. The molecule has 1 aliphatic rings. The summed E-state index contributed by atoms with van der Waals surface area (Å²) in [7, 11) is 0. The molecule has 1 aliphatic heterocycles. The van der Waals surface area contributed by atoms with E-state index in [1.807, 2.05) is 0 Å². The third kappa shape index (κ3) is 5.91. The van der Waals surface area contributed by atoms with Gasteiger partial charge in [0.2, 0.25) is 0 Å². The van der Waals surface area contributed by atoms with E-state index in [4.69, 9.17) is 16.3 Å². The molecule has 10 heteroatoms. The Kier molecular flexibility index (Phi) is 12.0. The van der Waals surface area contributed by atoms with E-state index in [1.54, 1.807) is 32.9 Å². The summed E-state index contributed by atoms with van der Waals surface area (Å²) in [5.74, 6) is -5.45. The first-order chi connectivity index (χ1) is 13.1. The minimum atomic E-state index is -1.73. The first-order valence-electron chi connectivity index (χ1n) is 8.72. The third-order valence-corrected chi connectivity index (χ3v) is 4.75. The van der Waals surface area contributed by atoms with E-state index in [1.165, 1.54) is 24.0 Å². The van der Waals surface area contributed by atoms with Gasteiger partial charge >= 0.3 is 65.1 Å². The van der Waals surface area contributed by atoms with Crippen molar-refractivity contribution in [2.75, 3.05) is 6.54 Å². The van der Waals surface area contributed by atoms with Crippen LogP contribution >= 0.6 is 11.6 Å². The number of hydrogen-bond acceptors (Lipinski definition) is 7. The number of hydrogen-bond donors (Lipinski definition) is 0. The average molecular weight is 452 g/mol. The number of carboxylic acid groups (broad SMARTS) is 2. The van der Waals surface area contributed by atoms with Gasteiger partial charge in [-0.15, -0.1) is 0 Å². The first kappa shape index (κ1) is 29.2. The van der Waals surface area contributed by atoms with Crippen LogP contribution in [0, 0.1) is 0 Å². The molecule has 0 fully saturated rings. The molecule has 0 saturated heterocycles. The molecule has 1 aromatic carbocycles. The summed E-state index contributed by atoms with van der Waals surface area (Å²) in [6, 6.07) is 6.30. The van der Waals surface area contributed by atoms with Crippen LogP contribution in [0.2, 0.25) is 5.02 Å². The smallest absolute Gasteiger partial charge is 0.545 e. The fraction of sp³-hybridized carbons (Fsp3) is 0.350. The summed E-state index contributed by atoms with van der Waals surface area (Å²) in [6.07, 6.45) is -0.465. The van der Waals surface area contributed by atoms with Crippen molar-refractivity contribution in [2.45, 2.75) is 39.7 Å². The quantitative estimate of drug-likeness (QED) is 0.314. The molecule has 150 valence electrons. The van der Waals surface area contributed by atoms with Gasteiger partial charge in [-0.2, -0.15) is 0 Å². The van der Waals surface area contributed by atoms with Gasteiger partial charge in [0, 0.05) is 28.8 Å². The number of aliphatic carboxylic acids is 2. The van der Waals surface area contributed by atoms with Crippen LogP contribution in [0.4, 0.5) is 0 Å². The number of carbonyl (C=O) groups excluding carboxylic acids is 3. The van der Waals surface area contributed by atoms with Crippen LogP contribution in [0.1, 0.15) is 39.2 Å². The monoisotopic (exact) mass is 451 g/mol. The van der Waals surface area contributed by atoms with Crippen LogP contribution in [0.15, 0.2) is 46.8 Å². The van der Waals surface area contributed by atoms with Crippen LogP contribution in [0.3, 0.4) is 0 Å². The van der Waals surface area contributed by atoms with E-state index in [0.717, 1.165) is 0 Å². The van der Waals surface area contributed by atoms with Crippen molar-refractivity contribution >= 4 is 29.5 Å². The van der Waals surface area contributed by atoms with Gasteiger partial charge in [-0.05, 0) is 39.3 Å². The van der Waals surface area contributed by atoms with Crippen molar-refractivity contribution in [3.05, 3.63) is 57.4 Å². The van der Waals surface area contributed by atoms with Gasteiger partial charge in [-0.25, -0.2) is 4.79 Å². The van der Waals surface area contributed by atoms with Crippen molar-refractivity contribution in [2.24, 2.45) is 0 Å². The van der Waals surface area contributed by atoms with Crippen LogP contribution in [0.25, 0.3) is 0 Å². The molecule has 0 aromatic heterocycles. The number of nitrogens with zero attached hydrogens (tertiary/aromatic N) is 1. The number of allylic oxidation sites excluding steroid dienone is 1. The second kappa shape index (κ2) is 12.3. The molecule has 1 aromatic rings. The number of carbonyl (C=O) groups is 3. The van der Waals surface area contributed by atoms with E-state index in [9.17, 15) is 24.6 Å². The van der Waals surface area contributed by atoms with E-state index in [2.05, 4.69) is 0 Å². The number of rotatable bonds is 6. The van der Waals surface area contributed by atoms with Crippen molar-refractivity contribution < 1.29 is 88.4 Å².